The minimum atomic E-state index is -0.298. The molecule has 0 aromatic carbocycles. The molecule has 0 radical (unpaired) electrons. The van der Waals surface area contributed by atoms with E-state index in [0.29, 0.717) is 55.3 Å². The Morgan fingerprint density at radius 2 is 0.927 bits per heavy atom. The van der Waals surface area contributed by atoms with Crippen LogP contribution in [0.4, 0.5) is 0 Å². The van der Waals surface area contributed by atoms with Crippen molar-refractivity contribution in [2.75, 3.05) is 7.05 Å². The highest BCUT2D eigenvalue weighted by Gasteiger charge is 2.58. The first-order valence-corrected chi connectivity index (χ1v) is 23.3. The van der Waals surface area contributed by atoms with Gasteiger partial charge in [0.05, 0.1) is 60.3 Å². The molecular formula is C46H68N2O7. The predicted octanol–water partition coefficient (Wildman–Crippen LogP) is 7.62. The van der Waals surface area contributed by atoms with Crippen molar-refractivity contribution >= 4 is 23.6 Å². The zero-order valence-electron chi connectivity index (χ0n) is 33.8. The Kier molecular flexibility index (Phi) is 10.0. The summed E-state index contributed by atoms with van der Waals surface area (Å²) in [5, 5.41) is 0. The number of carbonyl (C=O) groups excluding carboxylic acids is 4. The molecule has 0 N–H and O–H groups in total. The fourth-order valence-corrected chi connectivity index (χ4v) is 15.3. The topological polar surface area (TPSA) is 102 Å². The number of rotatable bonds is 8. The fourth-order valence-electron chi connectivity index (χ4n) is 15.3. The number of carbonyl (C=O) groups is 4. The van der Waals surface area contributed by atoms with Crippen molar-refractivity contribution in [1.82, 2.24) is 9.80 Å². The van der Waals surface area contributed by atoms with E-state index in [1.165, 1.54) is 69.1 Å². The summed E-state index contributed by atoms with van der Waals surface area (Å²) >= 11 is 0. The molecule has 2 aliphatic heterocycles. The molecule has 2 heterocycles. The van der Waals surface area contributed by atoms with Gasteiger partial charge in [-0.25, -0.2) is 0 Å². The molecule has 55 heavy (non-hydrogen) atoms. The Hall–Kier alpha value is -1.84. The number of ether oxygens (including phenoxy) is 3. The van der Waals surface area contributed by atoms with Gasteiger partial charge in [0, 0.05) is 13.1 Å². The summed E-state index contributed by atoms with van der Waals surface area (Å²) in [5.74, 6) is 3.20. The molecule has 11 fully saturated rings. The molecule has 0 spiro atoms. The van der Waals surface area contributed by atoms with Gasteiger partial charge in [0.15, 0.2) is 0 Å². The molecule has 9 unspecified atom stereocenters. The maximum Gasteiger partial charge on any atom is 0.233 e. The maximum atomic E-state index is 14.0. The molecule has 0 aromatic heterocycles. The van der Waals surface area contributed by atoms with Gasteiger partial charge in [-0.05, 0) is 183 Å². The highest BCUT2D eigenvalue weighted by molar-refractivity contribution is 6.06. The van der Waals surface area contributed by atoms with Crippen LogP contribution in [-0.4, -0.2) is 83.1 Å². The highest BCUT2D eigenvalue weighted by atomic mass is 16.5. The van der Waals surface area contributed by atoms with Crippen LogP contribution >= 0.6 is 0 Å². The zero-order chi connectivity index (χ0) is 37.6. The third-order valence-electron chi connectivity index (χ3n) is 17.7. The molecule has 4 bridgehead atoms. The molecule has 11 aliphatic rings. The van der Waals surface area contributed by atoms with E-state index in [4.69, 9.17) is 14.2 Å². The number of amides is 4. The van der Waals surface area contributed by atoms with Crippen LogP contribution in [-0.2, 0) is 33.4 Å². The maximum absolute atomic E-state index is 14.0. The Labute approximate surface area is 329 Å². The van der Waals surface area contributed by atoms with Gasteiger partial charge in [0.2, 0.25) is 23.6 Å². The van der Waals surface area contributed by atoms with E-state index in [0.717, 1.165) is 81.5 Å². The lowest BCUT2D eigenvalue weighted by Crippen LogP contribution is -2.55. The van der Waals surface area contributed by atoms with Crippen molar-refractivity contribution in [2.45, 2.75) is 197 Å². The van der Waals surface area contributed by atoms with Crippen LogP contribution in [0.3, 0.4) is 0 Å². The standard InChI is InChI=1S/C46H68N2O7/c1-26-3-7-32(8-4-26)55-41-16-13-35(22-40(41)46-23-27-17-28(24-46)19-29(18-27)25-46)53-31-9-5-30(6-10-31)48-44(51)37-15-12-34(21-39(37)45(48)52)54-33-11-14-36-38(20-33)43(50)47(2)42(36)49/h26-41H,3-25H2,1-2H3. The van der Waals surface area contributed by atoms with Crippen LogP contribution < -0.4 is 0 Å². The molecule has 304 valence electrons. The van der Waals surface area contributed by atoms with Crippen molar-refractivity contribution in [2.24, 2.45) is 58.7 Å². The van der Waals surface area contributed by atoms with Crippen LogP contribution in [0.1, 0.15) is 155 Å². The van der Waals surface area contributed by atoms with E-state index >= 15 is 0 Å². The number of hydrogen-bond donors (Lipinski definition) is 0. The second-order valence-corrected chi connectivity index (χ2v) is 21.2. The average Bonchev–Trinajstić information content (AvgIpc) is 3.55. The average molecular weight is 761 g/mol. The molecule has 4 amide bonds. The molecule has 9 atom stereocenters. The van der Waals surface area contributed by atoms with Crippen molar-refractivity contribution in [3.63, 3.8) is 0 Å². The summed E-state index contributed by atoms with van der Waals surface area (Å²) in [7, 11) is 1.59. The van der Waals surface area contributed by atoms with Crippen molar-refractivity contribution < 1.29 is 33.4 Å². The van der Waals surface area contributed by atoms with Gasteiger partial charge in [0.1, 0.15) is 0 Å². The van der Waals surface area contributed by atoms with E-state index in [2.05, 4.69) is 6.92 Å². The molecule has 11 rings (SSSR count). The quantitative estimate of drug-likeness (QED) is 0.235. The fraction of sp³-hybridized carbons (Fsp3) is 0.913. The van der Waals surface area contributed by atoms with Crippen LogP contribution in [0.15, 0.2) is 0 Å². The lowest BCUT2D eigenvalue weighted by atomic mass is 9.45. The lowest BCUT2D eigenvalue weighted by Gasteiger charge is -2.62. The molecular weight excluding hydrogens is 693 g/mol. The van der Waals surface area contributed by atoms with E-state index in [1.54, 1.807) is 11.9 Å². The Balaban J connectivity index is 0.736. The summed E-state index contributed by atoms with van der Waals surface area (Å²) in [6.45, 7) is 2.40. The van der Waals surface area contributed by atoms with Gasteiger partial charge < -0.3 is 14.2 Å². The van der Waals surface area contributed by atoms with Gasteiger partial charge in [-0.3, -0.25) is 29.0 Å². The van der Waals surface area contributed by atoms with Crippen LogP contribution in [0.5, 0.6) is 0 Å². The van der Waals surface area contributed by atoms with Crippen molar-refractivity contribution in [3.8, 4) is 0 Å². The van der Waals surface area contributed by atoms with E-state index in [9.17, 15) is 19.2 Å². The van der Waals surface area contributed by atoms with Crippen molar-refractivity contribution in [3.05, 3.63) is 0 Å². The summed E-state index contributed by atoms with van der Waals surface area (Å²) in [4.78, 5) is 55.9. The molecule has 2 saturated heterocycles. The largest absolute Gasteiger partial charge is 0.375 e. The minimum absolute atomic E-state index is 0.0127. The van der Waals surface area contributed by atoms with Gasteiger partial charge in [0.25, 0.3) is 0 Å². The first-order chi connectivity index (χ1) is 26.6. The number of hydrogen-bond acceptors (Lipinski definition) is 7. The summed E-state index contributed by atoms with van der Waals surface area (Å²) < 4.78 is 20.8. The molecule has 9 aliphatic carbocycles. The number of fused-ring (bicyclic) bond motifs is 2. The summed E-state index contributed by atoms with van der Waals surface area (Å²) in [6, 6.07) is -0.0230. The minimum Gasteiger partial charge on any atom is -0.375 e. The second-order valence-electron chi connectivity index (χ2n) is 21.2. The first-order valence-electron chi connectivity index (χ1n) is 23.3. The van der Waals surface area contributed by atoms with Crippen LogP contribution in [0.2, 0.25) is 0 Å². The monoisotopic (exact) mass is 761 g/mol. The predicted molar refractivity (Wildman–Crippen MR) is 205 cm³/mol. The number of likely N-dealkylation sites (tertiary alicyclic amines) is 2. The number of nitrogens with zero attached hydrogens (tertiary/aromatic N) is 2. The second kappa shape index (κ2) is 14.8. The Morgan fingerprint density at radius 1 is 0.473 bits per heavy atom. The van der Waals surface area contributed by atoms with Crippen LogP contribution in [0.25, 0.3) is 0 Å². The zero-order valence-corrected chi connectivity index (χ0v) is 33.8. The van der Waals surface area contributed by atoms with Crippen molar-refractivity contribution in [1.29, 1.82) is 0 Å². The Morgan fingerprint density at radius 3 is 1.56 bits per heavy atom. The Bertz CT molecular complexity index is 1460. The summed E-state index contributed by atoms with van der Waals surface area (Å²) in [6.07, 6.45) is 26.0. The lowest BCUT2D eigenvalue weighted by molar-refractivity contribution is -0.182. The third-order valence-corrected chi connectivity index (χ3v) is 17.7. The SMILES string of the molecule is CC1CCC(OC2CCC(OC3CCC(N4C(=O)C5CCC(OC6CCC7C(=O)N(C)C(=O)C7C6)CC5C4=O)CC3)CC2C23CC4CC(CC(C4)C2)C3)CC1. The van der Waals surface area contributed by atoms with E-state index in [1.807, 2.05) is 0 Å². The van der Waals surface area contributed by atoms with Gasteiger partial charge >= 0.3 is 0 Å². The van der Waals surface area contributed by atoms with Gasteiger partial charge in [-0.2, -0.15) is 0 Å². The molecule has 9 nitrogen and oxygen atoms in total. The molecule has 9 heteroatoms. The molecule has 9 saturated carbocycles. The van der Waals surface area contributed by atoms with Crippen LogP contribution in [0, 0.1) is 58.7 Å². The highest BCUT2D eigenvalue weighted by Crippen LogP contribution is 2.65. The van der Waals surface area contributed by atoms with Gasteiger partial charge in [-0.1, -0.05) is 6.92 Å². The molecule has 0 aromatic rings. The summed E-state index contributed by atoms with van der Waals surface area (Å²) in [5.41, 5.74) is 0.463. The normalized spacial score (nSPS) is 49.8. The smallest absolute Gasteiger partial charge is 0.233 e. The first kappa shape index (κ1) is 37.4. The van der Waals surface area contributed by atoms with Gasteiger partial charge in [-0.15, -0.1) is 0 Å². The van der Waals surface area contributed by atoms with E-state index in [-0.39, 0.29) is 71.7 Å². The van der Waals surface area contributed by atoms with E-state index < -0.39 is 0 Å². The number of imide groups is 2. The third kappa shape index (κ3) is 6.88.